The van der Waals surface area contributed by atoms with Gasteiger partial charge >= 0.3 is 25.7 Å². The number of isothiocyanates is 1. The van der Waals surface area contributed by atoms with Crippen molar-refractivity contribution in [3.8, 4) is 22.8 Å². The quantitative estimate of drug-likeness (QED) is 0.0269. The molecule has 1 aliphatic heterocycles. The number of carbonyl (C=O) groups excluding carboxylic acids is 3. The third-order valence-electron chi connectivity index (χ3n) is 8.43. The van der Waals surface area contributed by atoms with Gasteiger partial charge in [-0.15, -0.1) is 5.70 Å². The van der Waals surface area contributed by atoms with Crippen molar-refractivity contribution in [1.82, 2.24) is 19.9 Å². The molecule has 0 saturated carbocycles. The average molecular weight is 1010 g/mol. The first-order chi connectivity index (χ1) is 31.5. The van der Waals surface area contributed by atoms with Gasteiger partial charge in [0.15, 0.2) is 0 Å². The van der Waals surface area contributed by atoms with Gasteiger partial charge in [0.25, 0.3) is 19.4 Å². The molecule has 0 fully saturated rings. The molecule has 14 nitrogen and oxygen atoms in total. The summed E-state index contributed by atoms with van der Waals surface area (Å²) in [6.07, 6.45) is 8.94. The second-order valence-electron chi connectivity index (χ2n) is 12.6. The number of nitrogens with one attached hydrogen (secondary N) is 2. The van der Waals surface area contributed by atoms with Crippen molar-refractivity contribution in [2.24, 2.45) is 0 Å². The Hall–Kier alpha value is -7.76. The summed E-state index contributed by atoms with van der Waals surface area (Å²) in [7, 11) is 0. The molecule has 0 unspecified atom stereocenters. The number of hydrogen-bond donors (Lipinski definition) is 1. The van der Waals surface area contributed by atoms with Gasteiger partial charge in [0.05, 0.1) is 52.9 Å². The van der Waals surface area contributed by atoms with Crippen LogP contribution in [0.25, 0.3) is 57.8 Å². The van der Waals surface area contributed by atoms with Crippen molar-refractivity contribution in [3.05, 3.63) is 174 Å². The van der Waals surface area contributed by atoms with Crippen LogP contribution in [0.2, 0.25) is 0 Å². The number of ether oxygens (including phenoxy) is 3. The second kappa shape index (κ2) is 25.5. The summed E-state index contributed by atoms with van der Waals surface area (Å²) in [5, 5.41) is 15.6. The Balaban J connectivity index is 0.000000270. The fourth-order valence-corrected chi connectivity index (χ4v) is 6.79. The van der Waals surface area contributed by atoms with E-state index in [0.29, 0.717) is 59.5 Å². The summed E-state index contributed by atoms with van der Waals surface area (Å²) in [6.45, 7) is 0.965. The van der Waals surface area contributed by atoms with E-state index in [1.165, 1.54) is 30.1 Å². The molecule has 66 heavy (non-hydrogen) atoms. The Morgan fingerprint density at radius 2 is 1.14 bits per heavy atom. The average Bonchev–Trinajstić information content (AvgIpc) is 3.31. The van der Waals surface area contributed by atoms with E-state index in [9.17, 15) is 27.6 Å². The number of allylic oxidation sites excluding steroid dienone is 1. The molecule has 2 aromatic carbocycles. The first-order valence-corrected chi connectivity index (χ1v) is 19.7. The van der Waals surface area contributed by atoms with Crippen molar-refractivity contribution >= 4 is 95.3 Å². The minimum Gasteiger partial charge on any atom is -0.753 e. The summed E-state index contributed by atoms with van der Waals surface area (Å²) in [5.41, 5.74) is 12.9. The van der Waals surface area contributed by atoms with Crippen molar-refractivity contribution in [3.63, 3.8) is 0 Å². The second-order valence-corrected chi connectivity index (χ2v) is 13.8. The Labute approximate surface area is 397 Å². The molecule has 0 spiro atoms. The van der Waals surface area contributed by atoms with E-state index in [4.69, 9.17) is 16.6 Å². The molecule has 1 aliphatic rings. The summed E-state index contributed by atoms with van der Waals surface area (Å²) < 4.78 is 51.8. The van der Waals surface area contributed by atoms with E-state index in [1.54, 1.807) is 90.9 Å². The Bertz CT molecular complexity index is 2710. The van der Waals surface area contributed by atoms with E-state index in [2.05, 4.69) is 46.4 Å². The Morgan fingerprint density at radius 1 is 0.697 bits per heavy atom. The number of aromatic nitrogens is 4. The first kappa shape index (κ1) is 50.9. The van der Waals surface area contributed by atoms with Gasteiger partial charge in [0, 0.05) is 39.8 Å². The Morgan fingerprint density at radius 3 is 1.61 bits per heavy atom. The molecule has 0 saturated heterocycles. The molecule has 2 N–H and O–H groups in total. The number of thiocarbonyl (C=S) groups is 1. The van der Waals surface area contributed by atoms with E-state index in [-0.39, 0.29) is 25.2 Å². The number of carbonyl (C=O) groups is 3. The minimum atomic E-state index is -4.80. The molecule has 7 rings (SSSR count). The maximum Gasteiger partial charge on any atom is 2.00 e. The molecule has 0 amide bonds. The van der Waals surface area contributed by atoms with E-state index >= 15 is 0 Å². The normalized spacial score (nSPS) is 11.6. The SMILES string of the molecule is N=C(/C=C(\[NH-])c1cc(N2c3ccccc3Sc3ccccc32)ccn1)C(F)(F)F.O=CO/C=C/c1ccnc(-c2cc(/C=C/OC=O)cc(-c3cc(/C=C/OC=O)ccn3)n2)c1.[N-]=C=S.[Ru+2]. The van der Waals surface area contributed by atoms with Crippen molar-refractivity contribution < 1.29 is 61.2 Å². The van der Waals surface area contributed by atoms with Gasteiger partial charge < -0.3 is 30.3 Å². The van der Waals surface area contributed by atoms with Crippen LogP contribution in [0.5, 0.6) is 0 Å². The van der Waals surface area contributed by atoms with Gasteiger partial charge in [-0.1, -0.05) is 48.2 Å². The van der Waals surface area contributed by atoms with Gasteiger partial charge in [-0.2, -0.15) is 18.3 Å². The van der Waals surface area contributed by atoms with Gasteiger partial charge in [-0.05, 0) is 114 Å². The molecule has 0 aliphatic carbocycles. The predicted octanol–water partition coefficient (Wildman–Crippen LogP) is 11.3. The maximum atomic E-state index is 12.6. The van der Waals surface area contributed by atoms with Crippen LogP contribution in [0.3, 0.4) is 0 Å². The maximum absolute atomic E-state index is 12.6. The molecule has 0 atom stereocenters. The van der Waals surface area contributed by atoms with E-state index < -0.39 is 17.6 Å². The fraction of sp³-hybridized carbons (Fsp3) is 0.0217. The summed E-state index contributed by atoms with van der Waals surface area (Å²) in [4.78, 5) is 52.7. The minimum absolute atomic E-state index is 0. The topological polar surface area (TPSA) is 204 Å². The largest absolute Gasteiger partial charge is 2.00 e. The number of alkyl halides is 3. The van der Waals surface area contributed by atoms with E-state index in [1.807, 2.05) is 53.4 Å². The van der Waals surface area contributed by atoms with Crippen LogP contribution < -0.4 is 4.90 Å². The van der Waals surface area contributed by atoms with Crippen LogP contribution in [-0.4, -0.2) is 56.4 Å². The predicted molar refractivity (Wildman–Crippen MR) is 244 cm³/mol. The van der Waals surface area contributed by atoms with Crippen LogP contribution in [0.4, 0.5) is 30.2 Å². The smallest absolute Gasteiger partial charge is 0.753 e. The number of benzene rings is 2. The molecular formula is C46H31F3N8O6RuS2. The molecule has 5 heterocycles. The molecule has 0 radical (unpaired) electrons. The number of hydrogen-bond acceptors (Lipinski definition) is 14. The number of pyridine rings is 4. The number of nitrogens with zero attached hydrogens (tertiary/aromatic N) is 6. The van der Waals surface area contributed by atoms with Gasteiger partial charge in [0.2, 0.25) is 0 Å². The van der Waals surface area contributed by atoms with Crippen LogP contribution in [-0.2, 0) is 48.1 Å². The van der Waals surface area contributed by atoms with Gasteiger partial charge in [-0.3, -0.25) is 34.7 Å². The molecule has 332 valence electrons. The molecule has 20 heteroatoms. The third kappa shape index (κ3) is 14.4. The number of halogens is 3. The molecular weight excluding hydrogens is 983 g/mol. The zero-order valence-electron chi connectivity index (χ0n) is 33.7. The number of anilines is 3. The monoisotopic (exact) mass is 1010 g/mol. The van der Waals surface area contributed by atoms with Crippen molar-refractivity contribution in [2.75, 3.05) is 4.90 Å². The summed E-state index contributed by atoms with van der Waals surface area (Å²) in [6, 6.07) is 29.6. The fourth-order valence-electron chi connectivity index (χ4n) is 5.73. The van der Waals surface area contributed by atoms with Gasteiger partial charge in [-0.25, -0.2) is 4.98 Å². The molecule has 4 aromatic heterocycles. The zero-order valence-corrected chi connectivity index (χ0v) is 37.1. The van der Waals surface area contributed by atoms with Crippen molar-refractivity contribution in [1.29, 1.82) is 5.41 Å². The van der Waals surface area contributed by atoms with Crippen LogP contribution in [0.15, 0.2) is 150 Å². The van der Waals surface area contributed by atoms with Gasteiger partial charge in [0.1, 0.15) is 5.71 Å². The van der Waals surface area contributed by atoms with Crippen LogP contribution in [0.1, 0.15) is 22.4 Å². The standard InChI is InChI=1S/C24H17N3O6.C21H14F3N4S.CNS.Ru/c28-15-31-8-3-18-1-6-25-21(11-18)23-13-20(5-10-33-17-30)14-24(27-23)22-12-19(2-7-26-22)4-9-32-16-29;22-21(23,24)20(26)12-14(25)15-11-13(9-10-27-15)28-16-5-1-3-7-18(16)29-19-8-4-2-6-17(19)28;2-1-3;/h1-17H;1-12,25-26H;;/q;2*-1;+2/b8-3+,9-4+,10-5+;14-12-,26-20?;;. The van der Waals surface area contributed by atoms with Crippen LogP contribution >= 0.6 is 24.0 Å². The Kier molecular flexibility index (Phi) is 19.7. The molecule has 6 aromatic rings. The van der Waals surface area contributed by atoms with E-state index in [0.717, 1.165) is 32.3 Å². The number of rotatable bonds is 14. The summed E-state index contributed by atoms with van der Waals surface area (Å²) in [5.74, 6) is 0. The number of fused-ring (bicyclic) bond motifs is 2. The van der Waals surface area contributed by atoms with Crippen molar-refractivity contribution in [2.45, 2.75) is 16.0 Å². The van der Waals surface area contributed by atoms with Crippen LogP contribution in [0, 0.1) is 5.41 Å². The number of para-hydroxylation sites is 2. The first-order valence-electron chi connectivity index (χ1n) is 18.4. The third-order valence-corrected chi connectivity index (χ3v) is 9.56. The zero-order chi connectivity index (χ0) is 46.6. The summed E-state index contributed by atoms with van der Waals surface area (Å²) >= 11 is 5.34. The molecule has 0 bridgehead atoms.